The third-order valence-corrected chi connectivity index (χ3v) is 2.50. The molecule has 0 aliphatic carbocycles. The van der Waals surface area contributed by atoms with Crippen molar-refractivity contribution in [3.05, 3.63) is 23.9 Å². The third kappa shape index (κ3) is 1.78. The van der Waals surface area contributed by atoms with E-state index in [1.165, 1.54) is 0 Å². The maximum atomic E-state index is 5.79. The quantitative estimate of drug-likeness (QED) is 0.706. The Balaban J connectivity index is 2.71. The van der Waals surface area contributed by atoms with Gasteiger partial charge >= 0.3 is 0 Å². The first-order chi connectivity index (χ1) is 7.38. The van der Waals surface area contributed by atoms with E-state index in [0.717, 1.165) is 16.6 Å². The zero-order valence-corrected chi connectivity index (χ0v) is 9.78. The van der Waals surface area contributed by atoms with Gasteiger partial charge in [-0.15, -0.1) is 0 Å². The predicted octanol–water partition coefficient (Wildman–Crippen LogP) is 2.09. The van der Waals surface area contributed by atoms with Gasteiger partial charge < -0.3 is 11.5 Å². The van der Waals surface area contributed by atoms with E-state index in [-0.39, 0.29) is 5.41 Å². The fraction of sp³-hybridized carbons (Fsp3) is 0.333. The molecule has 0 unspecified atom stereocenters. The van der Waals surface area contributed by atoms with Crippen molar-refractivity contribution < 1.29 is 0 Å². The number of pyridine rings is 2. The molecule has 2 aromatic rings. The van der Waals surface area contributed by atoms with Gasteiger partial charge in [0.05, 0.1) is 5.52 Å². The van der Waals surface area contributed by atoms with Crippen LogP contribution in [0.15, 0.2) is 18.2 Å². The van der Waals surface area contributed by atoms with Crippen LogP contribution in [0.5, 0.6) is 0 Å². The van der Waals surface area contributed by atoms with E-state index < -0.39 is 0 Å². The SMILES string of the molecule is CC(C)(C)c1ccc2c(N)nc(N)cc2n1. The van der Waals surface area contributed by atoms with Crippen molar-refractivity contribution >= 4 is 22.5 Å². The first-order valence-corrected chi connectivity index (χ1v) is 5.21. The van der Waals surface area contributed by atoms with Gasteiger partial charge in [0.25, 0.3) is 0 Å². The third-order valence-electron chi connectivity index (χ3n) is 2.50. The minimum atomic E-state index is 0.0149. The Kier molecular flexibility index (Phi) is 2.22. The molecule has 84 valence electrons. The second kappa shape index (κ2) is 3.33. The van der Waals surface area contributed by atoms with E-state index in [4.69, 9.17) is 11.5 Å². The Hall–Kier alpha value is -1.84. The maximum absolute atomic E-state index is 5.79. The van der Waals surface area contributed by atoms with Gasteiger partial charge in [-0.1, -0.05) is 20.8 Å². The number of nitrogens with zero attached hydrogens (tertiary/aromatic N) is 2. The summed E-state index contributed by atoms with van der Waals surface area (Å²) in [4.78, 5) is 8.58. The molecule has 2 aromatic heterocycles. The highest BCUT2D eigenvalue weighted by Gasteiger charge is 2.16. The van der Waals surface area contributed by atoms with Crippen LogP contribution in [0.1, 0.15) is 26.5 Å². The summed E-state index contributed by atoms with van der Waals surface area (Å²) < 4.78 is 0. The largest absolute Gasteiger partial charge is 0.384 e. The van der Waals surface area contributed by atoms with Gasteiger partial charge in [-0.2, -0.15) is 0 Å². The van der Waals surface area contributed by atoms with Crippen LogP contribution >= 0.6 is 0 Å². The lowest BCUT2D eigenvalue weighted by molar-refractivity contribution is 0.571. The number of hydrogen-bond acceptors (Lipinski definition) is 4. The van der Waals surface area contributed by atoms with Crippen molar-refractivity contribution in [2.75, 3.05) is 11.5 Å². The van der Waals surface area contributed by atoms with Gasteiger partial charge in [-0.05, 0) is 12.1 Å². The molecule has 0 atom stereocenters. The topological polar surface area (TPSA) is 77.8 Å². The Bertz CT molecular complexity index is 540. The van der Waals surface area contributed by atoms with Gasteiger partial charge in [-0.3, -0.25) is 4.98 Å². The Morgan fingerprint density at radius 1 is 1.06 bits per heavy atom. The Morgan fingerprint density at radius 3 is 2.38 bits per heavy atom. The van der Waals surface area contributed by atoms with Gasteiger partial charge in [0, 0.05) is 22.6 Å². The molecule has 0 saturated carbocycles. The van der Waals surface area contributed by atoms with Gasteiger partial charge in [0.1, 0.15) is 11.6 Å². The molecule has 0 aliphatic heterocycles. The smallest absolute Gasteiger partial charge is 0.135 e. The summed E-state index contributed by atoms with van der Waals surface area (Å²) in [7, 11) is 0. The van der Waals surface area contributed by atoms with E-state index in [1.54, 1.807) is 6.07 Å². The van der Waals surface area contributed by atoms with E-state index in [0.29, 0.717) is 11.6 Å². The van der Waals surface area contributed by atoms with Crippen LogP contribution in [-0.2, 0) is 5.41 Å². The normalized spacial score (nSPS) is 11.9. The van der Waals surface area contributed by atoms with Gasteiger partial charge in [0.2, 0.25) is 0 Å². The van der Waals surface area contributed by atoms with Gasteiger partial charge in [-0.25, -0.2) is 4.98 Å². The van der Waals surface area contributed by atoms with Crippen molar-refractivity contribution in [3.8, 4) is 0 Å². The highest BCUT2D eigenvalue weighted by Crippen LogP contribution is 2.25. The van der Waals surface area contributed by atoms with Crippen molar-refractivity contribution in [1.82, 2.24) is 9.97 Å². The Labute approximate surface area is 94.7 Å². The van der Waals surface area contributed by atoms with E-state index >= 15 is 0 Å². The van der Waals surface area contributed by atoms with Crippen LogP contribution in [0, 0.1) is 0 Å². The average molecular weight is 216 g/mol. The molecule has 0 amide bonds. The lowest BCUT2D eigenvalue weighted by Crippen LogP contribution is -2.13. The van der Waals surface area contributed by atoms with E-state index in [2.05, 4.69) is 30.7 Å². The van der Waals surface area contributed by atoms with Crippen LogP contribution in [0.2, 0.25) is 0 Å². The number of fused-ring (bicyclic) bond motifs is 1. The predicted molar refractivity (Wildman–Crippen MR) is 67.1 cm³/mol. The average Bonchev–Trinajstić information content (AvgIpc) is 2.15. The second-order valence-electron chi connectivity index (χ2n) is 4.95. The monoisotopic (exact) mass is 216 g/mol. The molecule has 0 saturated heterocycles. The van der Waals surface area contributed by atoms with Crippen LogP contribution in [0.3, 0.4) is 0 Å². The molecule has 4 nitrogen and oxygen atoms in total. The molecule has 16 heavy (non-hydrogen) atoms. The van der Waals surface area contributed by atoms with E-state index in [9.17, 15) is 0 Å². The molecule has 2 heterocycles. The lowest BCUT2D eigenvalue weighted by Gasteiger charge is -2.18. The fourth-order valence-electron chi connectivity index (χ4n) is 1.59. The first-order valence-electron chi connectivity index (χ1n) is 5.21. The molecule has 4 heteroatoms. The van der Waals surface area contributed by atoms with Crippen molar-refractivity contribution in [2.24, 2.45) is 0 Å². The summed E-state index contributed by atoms with van der Waals surface area (Å²) in [5, 5.41) is 0.849. The number of rotatable bonds is 0. The second-order valence-corrected chi connectivity index (χ2v) is 4.95. The summed E-state index contributed by atoms with van der Waals surface area (Å²) in [5.41, 5.74) is 13.3. The highest BCUT2D eigenvalue weighted by atomic mass is 14.9. The molecule has 0 radical (unpaired) electrons. The van der Waals surface area contributed by atoms with Crippen molar-refractivity contribution in [3.63, 3.8) is 0 Å². The fourth-order valence-corrected chi connectivity index (χ4v) is 1.59. The van der Waals surface area contributed by atoms with Crippen LogP contribution in [0.4, 0.5) is 11.6 Å². The van der Waals surface area contributed by atoms with Crippen LogP contribution in [0.25, 0.3) is 10.9 Å². The molecule has 0 aromatic carbocycles. The van der Waals surface area contributed by atoms with E-state index in [1.807, 2.05) is 12.1 Å². The number of anilines is 2. The van der Waals surface area contributed by atoms with Crippen molar-refractivity contribution in [1.29, 1.82) is 0 Å². The number of nitrogen functional groups attached to an aromatic ring is 2. The zero-order valence-electron chi connectivity index (χ0n) is 9.78. The minimum absolute atomic E-state index is 0.0149. The maximum Gasteiger partial charge on any atom is 0.135 e. The zero-order chi connectivity index (χ0) is 11.9. The van der Waals surface area contributed by atoms with Gasteiger partial charge in [0.15, 0.2) is 0 Å². The summed E-state index contributed by atoms with van der Waals surface area (Å²) in [5.74, 6) is 0.839. The molecular formula is C12H16N4. The molecular weight excluding hydrogens is 200 g/mol. The lowest BCUT2D eigenvalue weighted by atomic mass is 9.91. The summed E-state index contributed by atoms with van der Waals surface area (Å²) in [6, 6.07) is 5.68. The Morgan fingerprint density at radius 2 is 1.75 bits per heavy atom. The standard InChI is InChI=1S/C12H16N4/c1-12(2,3)9-5-4-7-8(15-9)6-10(13)16-11(7)14/h4-6H,1-3H3,(H4,13,14,16). The highest BCUT2D eigenvalue weighted by molar-refractivity contribution is 5.89. The first kappa shape index (κ1) is 10.7. The molecule has 2 rings (SSSR count). The number of hydrogen-bond donors (Lipinski definition) is 2. The number of nitrogens with two attached hydrogens (primary N) is 2. The molecule has 0 aliphatic rings. The molecule has 4 N–H and O–H groups in total. The molecule has 0 spiro atoms. The molecule has 0 bridgehead atoms. The van der Waals surface area contributed by atoms with Crippen molar-refractivity contribution in [2.45, 2.75) is 26.2 Å². The van der Waals surface area contributed by atoms with Crippen LogP contribution in [-0.4, -0.2) is 9.97 Å². The molecule has 0 fully saturated rings. The summed E-state index contributed by atoms with van der Waals surface area (Å²) in [6.07, 6.45) is 0. The van der Waals surface area contributed by atoms with Crippen LogP contribution < -0.4 is 11.5 Å². The summed E-state index contributed by atoms with van der Waals surface area (Å²) in [6.45, 7) is 6.36. The minimum Gasteiger partial charge on any atom is -0.384 e. The summed E-state index contributed by atoms with van der Waals surface area (Å²) >= 11 is 0. The number of aromatic nitrogens is 2.